The summed E-state index contributed by atoms with van der Waals surface area (Å²) >= 11 is 0. The molecule has 31 heavy (non-hydrogen) atoms. The van der Waals surface area contributed by atoms with Gasteiger partial charge in [0.25, 0.3) is 5.91 Å². The summed E-state index contributed by atoms with van der Waals surface area (Å²) in [6.07, 6.45) is 3.79. The molecule has 3 aromatic carbocycles. The number of carbonyl (C=O) groups excluding carboxylic acids is 1. The highest BCUT2D eigenvalue weighted by Crippen LogP contribution is 2.20. The van der Waals surface area contributed by atoms with Crippen molar-refractivity contribution in [2.24, 2.45) is 0 Å². The molecule has 0 saturated heterocycles. The summed E-state index contributed by atoms with van der Waals surface area (Å²) in [5.74, 6) is 0.791. The molecule has 0 radical (unpaired) electrons. The molecule has 0 aliphatic carbocycles. The van der Waals surface area contributed by atoms with Crippen molar-refractivity contribution in [2.45, 2.75) is 32.2 Å². The van der Waals surface area contributed by atoms with Crippen LogP contribution in [0.3, 0.4) is 0 Å². The first-order chi connectivity index (χ1) is 15.2. The number of unbranched alkanes of at least 4 members (excludes halogenated alkanes) is 2. The summed E-state index contributed by atoms with van der Waals surface area (Å²) in [6, 6.07) is 24.0. The number of hydrogen-bond donors (Lipinski definition) is 1. The molecule has 0 aliphatic rings. The lowest BCUT2D eigenvalue weighted by atomic mass is 10.1. The number of halogens is 1. The van der Waals surface area contributed by atoms with Gasteiger partial charge in [-0.1, -0.05) is 48.9 Å². The van der Waals surface area contributed by atoms with Crippen LogP contribution in [0.1, 0.15) is 41.0 Å². The first-order valence-electron chi connectivity index (χ1n) is 10.7. The second kappa shape index (κ2) is 10.0. The van der Waals surface area contributed by atoms with Gasteiger partial charge in [0.15, 0.2) is 0 Å². The summed E-state index contributed by atoms with van der Waals surface area (Å²) in [5, 5.41) is 2.98. The van der Waals surface area contributed by atoms with E-state index in [0.717, 1.165) is 48.1 Å². The van der Waals surface area contributed by atoms with Crippen molar-refractivity contribution >= 4 is 16.9 Å². The lowest BCUT2D eigenvalue weighted by molar-refractivity contribution is 0.0953. The maximum absolute atomic E-state index is 13.3. The topological polar surface area (TPSA) is 46.9 Å². The van der Waals surface area contributed by atoms with E-state index in [4.69, 9.17) is 4.98 Å². The number of amides is 1. The molecule has 4 nitrogen and oxygen atoms in total. The van der Waals surface area contributed by atoms with Crippen molar-refractivity contribution in [1.29, 1.82) is 0 Å². The third-order valence-corrected chi connectivity index (χ3v) is 5.39. The maximum atomic E-state index is 13.3. The Morgan fingerprint density at radius 3 is 2.42 bits per heavy atom. The molecule has 0 fully saturated rings. The molecule has 0 aliphatic heterocycles. The molecule has 158 valence electrons. The van der Waals surface area contributed by atoms with Gasteiger partial charge in [-0.15, -0.1) is 0 Å². The van der Waals surface area contributed by atoms with Gasteiger partial charge >= 0.3 is 0 Å². The minimum Gasteiger partial charge on any atom is -0.352 e. The summed E-state index contributed by atoms with van der Waals surface area (Å²) < 4.78 is 15.5. The summed E-state index contributed by atoms with van der Waals surface area (Å²) in [5.41, 5.74) is 3.82. The van der Waals surface area contributed by atoms with E-state index in [1.807, 2.05) is 60.7 Å². The van der Waals surface area contributed by atoms with Crippen LogP contribution in [0.5, 0.6) is 0 Å². The number of aromatic nitrogens is 2. The van der Waals surface area contributed by atoms with Crippen LogP contribution in [0.2, 0.25) is 0 Å². The van der Waals surface area contributed by atoms with Gasteiger partial charge in [0.1, 0.15) is 11.6 Å². The van der Waals surface area contributed by atoms with Gasteiger partial charge in [0.05, 0.1) is 11.0 Å². The number of fused-ring (bicyclic) bond motifs is 1. The maximum Gasteiger partial charge on any atom is 0.251 e. The van der Waals surface area contributed by atoms with E-state index in [1.54, 1.807) is 0 Å². The Bertz CT molecular complexity index is 1140. The highest BCUT2D eigenvalue weighted by molar-refractivity contribution is 5.94. The standard InChI is InChI=1S/C26H26FN3O/c27-22-16-14-20(15-17-22)19-30-24-12-7-6-11-23(24)29-25(30)13-5-2-8-18-28-26(31)21-9-3-1-4-10-21/h1,3-4,6-7,9-12,14-17H,2,5,8,13,18-19H2,(H,28,31). The number of nitrogens with one attached hydrogen (secondary N) is 1. The van der Waals surface area contributed by atoms with Crippen molar-refractivity contribution < 1.29 is 9.18 Å². The third-order valence-electron chi connectivity index (χ3n) is 5.39. The van der Waals surface area contributed by atoms with Crippen LogP contribution in [-0.4, -0.2) is 22.0 Å². The average molecular weight is 416 g/mol. The molecule has 4 rings (SSSR count). The quantitative estimate of drug-likeness (QED) is 0.374. The molecule has 0 atom stereocenters. The van der Waals surface area contributed by atoms with E-state index >= 15 is 0 Å². The van der Waals surface area contributed by atoms with Gasteiger partial charge in [-0.3, -0.25) is 4.79 Å². The number of rotatable bonds is 9. The van der Waals surface area contributed by atoms with E-state index in [2.05, 4.69) is 16.0 Å². The van der Waals surface area contributed by atoms with Gasteiger partial charge in [-0.05, 0) is 54.8 Å². The second-order valence-corrected chi connectivity index (χ2v) is 7.66. The number of para-hydroxylation sites is 2. The van der Waals surface area contributed by atoms with Crippen molar-refractivity contribution in [2.75, 3.05) is 6.54 Å². The number of carbonyl (C=O) groups is 1. The molecule has 0 saturated carbocycles. The van der Waals surface area contributed by atoms with E-state index in [1.165, 1.54) is 12.1 Å². The van der Waals surface area contributed by atoms with Crippen LogP contribution in [0.4, 0.5) is 4.39 Å². The van der Waals surface area contributed by atoms with Gasteiger partial charge < -0.3 is 9.88 Å². The minimum atomic E-state index is -0.223. The average Bonchev–Trinajstić information content (AvgIpc) is 3.15. The van der Waals surface area contributed by atoms with Crippen LogP contribution >= 0.6 is 0 Å². The number of hydrogen-bond acceptors (Lipinski definition) is 2. The lowest BCUT2D eigenvalue weighted by Crippen LogP contribution is -2.24. The molecule has 0 unspecified atom stereocenters. The van der Waals surface area contributed by atoms with Crippen LogP contribution < -0.4 is 5.32 Å². The fourth-order valence-electron chi connectivity index (χ4n) is 3.74. The Kier molecular flexibility index (Phi) is 6.72. The van der Waals surface area contributed by atoms with Crippen molar-refractivity contribution in [3.8, 4) is 0 Å². The van der Waals surface area contributed by atoms with Crippen LogP contribution in [0.25, 0.3) is 11.0 Å². The van der Waals surface area contributed by atoms with Crippen molar-refractivity contribution in [1.82, 2.24) is 14.9 Å². The van der Waals surface area contributed by atoms with Crippen molar-refractivity contribution in [3.05, 3.63) is 102 Å². The van der Waals surface area contributed by atoms with E-state index in [9.17, 15) is 9.18 Å². The Balaban J connectivity index is 1.33. The second-order valence-electron chi connectivity index (χ2n) is 7.66. The van der Waals surface area contributed by atoms with E-state index in [0.29, 0.717) is 18.7 Å². The molecule has 5 heteroatoms. The molecular formula is C26H26FN3O. The molecule has 1 amide bonds. The van der Waals surface area contributed by atoms with Gasteiger partial charge in [0.2, 0.25) is 0 Å². The molecule has 1 N–H and O–H groups in total. The summed E-state index contributed by atoms with van der Waals surface area (Å²) in [7, 11) is 0. The predicted octanol–water partition coefficient (Wildman–Crippen LogP) is 5.37. The van der Waals surface area contributed by atoms with Crippen LogP contribution in [0, 0.1) is 5.82 Å². The monoisotopic (exact) mass is 415 g/mol. The first-order valence-corrected chi connectivity index (χ1v) is 10.7. The highest BCUT2D eigenvalue weighted by Gasteiger charge is 2.11. The Hall–Kier alpha value is -3.47. The summed E-state index contributed by atoms with van der Waals surface area (Å²) in [6.45, 7) is 1.34. The number of nitrogens with zero attached hydrogens (tertiary/aromatic N) is 2. The van der Waals surface area contributed by atoms with Crippen LogP contribution in [-0.2, 0) is 13.0 Å². The zero-order chi connectivity index (χ0) is 21.5. The Morgan fingerprint density at radius 1 is 0.871 bits per heavy atom. The molecule has 0 spiro atoms. The third kappa shape index (κ3) is 5.37. The van der Waals surface area contributed by atoms with Gasteiger partial charge in [-0.2, -0.15) is 0 Å². The number of aryl methyl sites for hydroxylation is 1. The summed E-state index contributed by atoms with van der Waals surface area (Å²) in [4.78, 5) is 16.9. The van der Waals surface area contributed by atoms with Gasteiger partial charge in [0, 0.05) is 25.1 Å². The molecule has 1 heterocycles. The molecule has 4 aromatic rings. The highest BCUT2D eigenvalue weighted by atomic mass is 19.1. The predicted molar refractivity (Wildman–Crippen MR) is 122 cm³/mol. The fraction of sp³-hybridized carbons (Fsp3) is 0.231. The fourth-order valence-corrected chi connectivity index (χ4v) is 3.74. The zero-order valence-corrected chi connectivity index (χ0v) is 17.4. The van der Waals surface area contributed by atoms with Gasteiger partial charge in [-0.25, -0.2) is 9.37 Å². The minimum absolute atomic E-state index is 0.0262. The largest absolute Gasteiger partial charge is 0.352 e. The normalized spacial score (nSPS) is 11.0. The molecule has 1 aromatic heterocycles. The first kappa shape index (κ1) is 20.8. The smallest absolute Gasteiger partial charge is 0.251 e. The Morgan fingerprint density at radius 2 is 1.61 bits per heavy atom. The van der Waals surface area contributed by atoms with Crippen LogP contribution in [0.15, 0.2) is 78.9 Å². The van der Waals surface area contributed by atoms with E-state index < -0.39 is 0 Å². The van der Waals surface area contributed by atoms with E-state index in [-0.39, 0.29) is 11.7 Å². The van der Waals surface area contributed by atoms with Crippen molar-refractivity contribution in [3.63, 3.8) is 0 Å². The SMILES string of the molecule is O=C(NCCCCCc1nc2ccccc2n1Cc1ccc(F)cc1)c1ccccc1. The molecule has 0 bridgehead atoms. The molecular weight excluding hydrogens is 389 g/mol. The zero-order valence-electron chi connectivity index (χ0n) is 17.4. The lowest BCUT2D eigenvalue weighted by Gasteiger charge is -2.10. The Labute approximate surface area is 181 Å². The number of benzene rings is 3. The number of imidazole rings is 1.